The summed E-state index contributed by atoms with van der Waals surface area (Å²) in [5.74, 6) is 0.512. The van der Waals surface area contributed by atoms with E-state index in [1.54, 1.807) is 6.07 Å². The highest BCUT2D eigenvalue weighted by molar-refractivity contribution is 5.92. The molecule has 0 bridgehead atoms. The number of hydrogen-bond donors (Lipinski definition) is 1. The van der Waals surface area contributed by atoms with Gasteiger partial charge in [0.05, 0.1) is 0 Å². The molecule has 5 nitrogen and oxygen atoms in total. The average Bonchev–Trinajstić information content (AvgIpc) is 2.39. The van der Waals surface area contributed by atoms with E-state index in [0.717, 1.165) is 31.6 Å². The first-order chi connectivity index (χ1) is 9.12. The maximum absolute atomic E-state index is 12.0. The second kappa shape index (κ2) is 7.71. The minimum Gasteiger partial charge on any atom is -0.351 e. The minimum absolute atomic E-state index is 0.118. The van der Waals surface area contributed by atoms with Crippen molar-refractivity contribution in [3.8, 4) is 0 Å². The van der Waals surface area contributed by atoms with Crippen LogP contribution in [0.5, 0.6) is 0 Å². The summed E-state index contributed by atoms with van der Waals surface area (Å²) in [5, 5.41) is 2.88. The van der Waals surface area contributed by atoms with E-state index in [9.17, 15) is 4.79 Å². The first-order valence-electron chi connectivity index (χ1n) is 7.01. The smallest absolute Gasteiger partial charge is 0.270 e. The van der Waals surface area contributed by atoms with Crippen LogP contribution in [0.4, 0.5) is 5.95 Å². The number of carbonyl (C=O) groups excluding carboxylic acids is 1. The van der Waals surface area contributed by atoms with Gasteiger partial charge in [-0.05, 0) is 33.3 Å². The van der Waals surface area contributed by atoms with Crippen molar-refractivity contribution in [2.45, 2.75) is 40.5 Å². The highest BCUT2D eigenvalue weighted by atomic mass is 16.1. The molecule has 0 radical (unpaired) electrons. The molecule has 106 valence electrons. The van der Waals surface area contributed by atoms with Crippen LogP contribution in [0.15, 0.2) is 6.07 Å². The largest absolute Gasteiger partial charge is 0.351 e. The van der Waals surface area contributed by atoms with Crippen molar-refractivity contribution >= 4 is 11.9 Å². The molecule has 0 atom stereocenters. The molecule has 0 unspecified atom stereocenters. The van der Waals surface area contributed by atoms with Crippen LogP contribution < -0.4 is 10.2 Å². The summed E-state index contributed by atoms with van der Waals surface area (Å²) in [4.78, 5) is 22.8. The lowest BCUT2D eigenvalue weighted by molar-refractivity contribution is 0.0948. The number of nitrogens with one attached hydrogen (secondary N) is 1. The summed E-state index contributed by atoms with van der Waals surface area (Å²) in [6.45, 7) is 10.4. The lowest BCUT2D eigenvalue weighted by atomic mass is 10.3. The van der Waals surface area contributed by atoms with Gasteiger partial charge >= 0.3 is 0 Å². The second-order valence-corrected chi connectivity index (χ2v) is 4.48. The van der Waals surface area contributed by atoms with E-state index in [2.05, 4.69) is 36.1 Å². The summed E-state index contributed by atoms with van der Waals surface area (Å²) < 4.78 is 0. The molecule has 0 aliphatic heterocycles. The molecule has 1 rings (SSSR count). The molecule has 1 amide bonds. The Bertz CT molecular complexity index is 416. The topological polar surface area (TPSA) is 58.1 Å². The van der Waals surface area contributed by atoms with Crippen LogP contribution in [0, 0.1) is 6.92 Å². The summed E-state index contributed by atoms with van der Waals surface area (Å²) in [6.07, 6.45) is 2.05. The zero-order valence-electron chi connectivity index (χ0n) is 12.4. The van der Waals surface area contributed by atoms with Gasteiger partial charge in [0, 0.05) is 25.3 Å². The Balaban J connectivity index is 2.86. The van der Waals surface area contributed by atoms with Gasteiger partial charge in [-0.3, -0.25) is 4.79 Å². The molecule has 19 heavy (non-hydrogen) atoms. The van der Waals surface area contributed by atoms with Gasteiger partial charge in [0.15, 0.2) is 0 Å². The number of unbranched alkanes of at least 4 members (excludes halogenated alkanes) is 1. The van der Waals surface area contributed by atoms with Gasteiger partial charge in [0.25, 0.3) is 5.91 Å². The lowest BCUT2D eigenvalue weighted by Gasteiger charge is -2.19. The molecule has 1 aromatic rings. The molecular formula is C14H24N4O. The van der Waals surface area contributed by atoms with Gasteiger partial charge < -0.3 is 10.2 Å². The summed E-state index contributed by atoms with van der Waals surface area (Å²) in [6, 6.07) is 1.73. The van der Waals surface area contributed by atoms with Gasteiger partial charge in [-0.1, -0.05) is 13.3 Å². The number of amides is 1. The molecule has 0 fully saturated rings. The van der Waals surface area contributed by atoms with Crippen molar-refractivity contribution in [3.05, 3.63) is 17.5 Å². The van der Waals surface area contributed by atoms with Gasteiger partial charge in [-0.2, -0.15) is 0 Å². The Morgan fingerprint density at radius 3 is 2.53 bits per heavy atom. The number of anilines is 1. The van der Waals surface area contributed by atoms with E-state index in [1.165, 1.54) is 0 Å². The van der Waals surface area contributed by atoms with Crippen molar-refractivity contribution in [1.29, 1.82) is 0 Å². The molecule has 0 aliphatic carbocycles. The predicted molar refractivity (Wildman–Crippen MR) is 77.6 cm³/mol. The van der Waals surface area contributed by atoms with E-state index >= 15 is 0 Å². The Morgan fingerprint density at radius 1 is 1.26 bits per heavy atom. The van der Waals surface area contributed by atoms with E-state index in [1.807, 2.05) is 11.8 Å². The number of hydrogen-bond acceptors (Lipinski definition) is 4. The van der Waals surface area contributed by atoms with Crippen LogP contribution in [-0.2, 0) is 0 Å². The lowest BCUT2D eigenvalue weighted by Crippen LogP contribution is -2.28. The summed E-state index contributed by atoms with van der Waals surface area (Å²) in [5.41, 5.74) is 1.27. The van der Waals surface area contributed by atoms with Crippen LogP contribution in [0.3, 0.4) is 0 Å². The molecular weight excluding hydrogens is 240 g/mol. The first kappa shape index (κ1) is 15.4. The fraction of sp³-hybridized carbons (Fsp3) is 0.643. The summed E-state index contributed by atoms with van der Waals surface area (Å²) >= 11 is 0. The molecule has 0 saturated heterocycles. The number of aryl methyl sites for hydroxylation is 1. The van der Waals surface area contributed by atoms with E-state index in [0.29, 0.717) is 18.2 Å². The van der Waals surface area contributed by atoms with Crippen molar-refractivity contribution in [2.24, 2.45) is 0 Å². The maximum atomic E-state index is 12.0. The molecule has 0 spiro atoms. The Hall–Kier alpha value is -1.65. The van der Waals surface area contributed by atoms with E-state index in [4.69, 9.17) is 0 Å². The van der Waals surface area contributed by atoms with Gasteiger partial charge in [0.1, 0.15) is 5.69 Å². The highest BCUT2D eigenvalue weighted by Gasteiger charge is 2.12. The predicted octanol–water partition coefficient (Wildman–Crippen LogP) is 2.16. The minimum atomic E-state index is -0.118. The molecule has 5 heteroatoms. The molecule has 0 aliphatic rings. The van der Waals surface area contributed by atoms with Crippen molar-refractivity contribution in [3.63, 3.8) is 0 Å². The van der Waals surface area contributed by atoms with E-state index in [-0.39, 0.29) is 5.91 Å². The van der Waals surface area contributed by atoms with Gasteiger partial charge in [-0.15, -0.1) is 0 Å². The zero-order chi connectivity index (χ0) is 14.3. The monoisotopic (exact) mass is 264 g/mol. The van der Waals surface area contributed by atoms with Crippen molar-refractivity contribution < 1.29 is 4.79 Å². The van der Waals surface area contributed by atoms with Crippen molar-refractivity contribution in [2.75, 3.05) is 24.5 Å². The standard InChI is InChI=1S/C14H24N4O/c1-5-8-9-15-13(19)12-10-11(4)16-14(17-12)18(6-2)7-3/h10H,5-9H2,1-4H3,(H,15,19). The van der Waals surface area contributed by atoms with Crippen LogP contribution in [0.1, 0.15) is 49.8 Å². The third-order valence-corrected chi connectivity index (χ3v) is 2.94. The Morgan fingerprint density at radius 2 is 1.95 bits per heavy atom. The highest BCUT2D eigenvalue weighted by Crippen LogP contribution is 2.10. The number of nitrogens with zero attached hydrogens (tertiary/aromatic N) is 3. The normalized spacial score (nSPS) is 10.3. The maximum Gasteiger partial charge on any atom is 0.270 e. The van der Waals surface area contributed by atoms with Crippen LogP contribution in [0.2, 0.25) is 0 Å². The number of carbonyl (C=O) groups is 1. The number of aromatic nitrogens is 2. The van der Waals surface area contributed by atoms with Gasteiger partial charge in [0.2, 0.25) is 5.95 Å². The van der Waals surface area contributed by atoms with E-state index < -0.39 is 0 Å². The first-order valence-corrected chi connectivity index (χ1v) is 7.01. The second-order valence-electron chi connectivity index (χ2n) is 4.48. The SMILES string of the molecule is CCCCNC(=O)c1cc(C)nc(N(CC)CC)n1. The molecule has 1 heterocycles. The van der Waals surface area contributed by atoms with Gasteiger partial charge in [-0.25, -0.2) is 9.97 Å². The Kier molecular flexibility index (Phi) is 6.25. The fourth-order valence-corrected chi connectivity index (χ4v) is 1.79. The van der Waals surface area contributed by atoms with Crippen LogP contribution in [-0.4, -0.2) is 35.5 Å². The Labute approximate surface area is 115 Å². The van der Waals surface area contributed by atoms with Crippen molar-refractivity contribution in [1.82, 2.24) is 15.3 Å². The third-order valence-electron chi connectivity index (χ3n) is 2.94. The average molecular weight is 264 g/mol. The van der Waals surface area contributed by atoms with Crippen LogP contribution in [0.25, 0.3) is 0 Å². The number of rotatable bonds is 7. The third kappa shape index (κ3) is 4.50. The molecule has 1 N–H and O–H groups in total. The quantitative estimate of drug-likeness (QED) is 0.767. The molecule has 0 saturated carbocycles. The summed E-state index contributed by atoms with van der Waals surface area (Å²) in [7, 11) is 0. The molecule has 1 aromatic heterocycles. The molecule has 0 aromatic carbocycles. The fourth-order valence-electron chi connectivity index (χ4n) is 1.79. The van der Waals surface area contributed by atoms with Crippen LogP contribution >= 0.6 is 0 Å². The zero-order valence-corrected chi connectivity index (χ0v) is 12.4.